The molecule has 2 atom stereocenters. The van der Waals surface area contributed by atoms with Crippen LogP contribution in [0, 0.1) is 0 Å². The Morgan fingerprint density at radius 3 is 2.82 bits per heavy atom. The molecule has 4 nitrogen and oxygen atoms in total. The van der Waals surface area contributed by atoms with Crippen molar-refractivity contribution >= 4 is 11.7 Å². The number of amides is 1. The average molecular weight is 236 g/mol. The third-order valence-corrected chi connectivity index (χ3v) is 3.61. The maximum absolute atomic E-state index is 12.3. The van der Waals surface area contributed by atoms with Crippen molar-refractivity contribution in [1.82, 2.24) is 10.2 Å². The molecule has 0 aromatic carbocycles. The minimum absolute atomic E-state index is 0.0628. The molecule has 0 aromatic rings. The number of allylic oxidation sites excluding steroid dienone is 1. The van der Waals surface area contributed by atoms with Crippen molar-refractivity contribution in [2.45, 2.75) is 44.2 Å². The minimum atomic E-state index is -0.206. The molecular weight excluding hydrogens is 216 g/mol. The van der Waals surface area contributed by atoms with Crippen molar-refractivity contribution in [3.05, 3.63) is 12.7 Å². The molecule has 0 aliphatic carbocycles. The molecule has 2 aliphatic rings. The number of carbonyl (C=O) groups excluding carboxylic acids is 2. The number of hydrogen-bond donors (Lipinski definition) is 1. The van der Waals surface area contributed by atoms with Crippen molar-refractivity contribution in [3.8, 4) is 0 Å². The fraction of sp³-hybridized carbons (Fsp3) is 0.692. The van der Waals surface area contributed by atoms with Crippen LogP contribution in [-0.2, 0) is 9.59 Å². The van der Waals surface area contributed by atoms with E-state index in [1.165, 1.54) is 0 Å². The van der Waals surface area contributed by atoms with Gasteiger partial charge in [0.2, 0.25) is 5.91 Å². The minimum Gasteiger partial charge on any atom is -0.331 e. The highest BCUT2D eigenvalue weighted by Crippen LogP contribution is 2.22. The molecule has 0 spiro atoms. The summed E-state index contributed by atoms with van der Waals surface area (Å²) >= 11 is 0. The van der Waals surface area contributed by atoms with Crippen LogP contribution in [0.5, 0.6) is 0 Å². The molecule has 0 aromatic heterocycles. The van der Waals surface area contributed by atoms with Gasteiger partial charge in [-0.25, -0.2) is 0 Å². The Hall–Kier alpha value is -1.16. The molecule has 2 fully saturated rings. The largest absolute Gasteiger partial charge is 0.331 e. The summed E-state index contributed by atoms with van der Waals surface area (Å²) in [6.45, 7) is 5.22. The van der Waals surface area contributed by atoms with E-state index in [2.05, 4.69) is 11.9 Å². The first kappa shape index (κ1) is 12.3. The lowest BCUT2D eigenvalue weighted by atomic mass is 10.1. The molecule has 17 heavy (non-hydrogen) atoms. The fourth-order valence-electron chi connectivity index (χ4n) is 2.74. The lowest BCUT2D eigenvalue weighted by Gasteiger charge is -2.26. The van der Waals surface area contributed by atoms with Crippen molar-refractivity contribution in [2.24, 2.45) is 0 Å². The Balaban J connectivity index is 2.00. The van der Waals surface area contributed by atoms with Crippen LogP contribution in [0.4, 0.5) is 0 Å². The van der Waals surface area contributed by atoms with E-state index < -0.39 is 0 Å². The summed E-state index contributed by atoms with van der Waals surface area (Å²) in [5.41, 5.74) is 0. The molecule has 1 amide bonds. The van der Waals surface area contributed by atoms with Crippen LogP contribution in [-0.4, -0.2) is 41.8 Å². The molecule has 2 saturated heterocycles. The first-order valence-corrected chi connectivity index (χ1v) is 6.41. The van der Waals surface area contributed by atoms with Gasteiger partial charge in [0.15, 0.2) is 5.78 Å². The highest BCUT2D eigenvalue weighted by molar-refractivity contribution is 5.92. The smallest absolute Gasteiger partial charge is 0.240 e. The van der Waals surface area contributed by atoms with Crippen molar-refractivity contribution in [3.63, 3.8) is 0 Å². The summed E-state index contributed by atoms with van der Waals surface area (Å²) in [6, 6.07) is -0.268. The zero-order valence-electron chi connectivity index (χ0n) is 10.2. The predicted molar refractivity (Wildman–Crippen MR) is 65.6 cm³/mol. The van der Waals surface area contributed by atoms with Gasteiger partial charge >= 0.3 is 0 Å². The molecule has 4 heteroatoms. The molecule has 2 heterocycles. The first-order valence-electron chi connectivity index (χ1n) is 6.41. The molecule has 94 valence electrons. The molecule has 2 rings (SSSR count). The van der Waals surface area contributed by atoms with E-state index in [0.717, 1.165) is 38.8 Å². The number of nitrogens with zero attached hydrogens (tertiary/aromatic N) is 1. The SMILES string of the molecule is C=CCC(=O)C1CCCN1C(=O)[C@@H]1CCCN1. The topological polar surface area (TPSA) is 49.4 Å². The number of ketones is 1. The van der Waals surface area contributed by atoms with Gasteiger partial charge in [-0.1, -0.05) is 6.08 Å². The van der Waals surface area contributed by atoms with Crippen LogP contribution < -0.4 is 5.32 Å². The second-order valence-electron chi connectivity index (χ2n) is 4.80. The third kappa shape index (κ3) is 2.57. The first-order chi connectivity index (χ1) is 8.24. The van der Waals surface area contributed by atoms with E-state index >= 15 is 0 Å². The number of carbonyl (C=O) groups is 2. The predicted octanol–water partition coefficient (Wildman–Crippen LogP) is 0.875. The van der Waals surface area contributed by atoms with Gasteiger partial charge in [0, 0.05) is 13.0 Å². The number of nitrogens with one attached hydrogen (secondary N) is 1. The molecule has 0 bridgehead atoms. The number of Topliss-reactive ketones (excluding diaryl/α,β-unsaturated/α-hetero) is 1. The van der Waals surface area contributed by atoms with Gasteiger partial charge in [0.1, 0.15) is 0 Å². The second-order valence-corrected chi connectivity index (χ2v) is 4.80. The normalized spacial score (nSPS) is 28.4. The number of likely N-dealkylation sites (tertiary alicyclic amines) is 1. The van der Waals surface area contributed by atoms with Crippen LogP contribution in [0.1, 0.15) is 32.1 Å². The van der Waals surface area contributed by atoms with E-state index in [4.69, 9.17) is 0 Å². The van der Waals surface area contributed by atoms with Crippen LogP contribution in [0.25, 0.3) is 0 Å². The Bertz CT molecular complexity index is 321. The monoisotopic (exact) mass is 236 g/mol. The molecular formula is C13H20N2O2. The summed E-state index contributed by atoms with van der Waals surface area (Å²) in [5, 5.41) is 3.20. The third-order valence-electron chi connectivity index (χ3n) is 3.61. The molecule has 1 unspecified atom stereocenters. The molecule has 2 aliphatic heterocycles. The average Bonchev–Trinajstić information content (AvgIpc) is 3.00. The van der Waals surface area contributed by atoms with E-state index in [-0.39, 0.29) is 23.8 Å². The van der Waals surface area contributed by atoms with Crippen LogP contribution >= 0.6 is 0 Å². The Labute approximate surface area is 102 Å². The van der Waals surface area contributed by atoms with Crippen LogP contribution in [0.3, 0.4) is 0 Å². The number of rotatable bonds is 4. The van der Waals surface area contributed by atoms with Crippen LogP contribution in [0.15, 0.2) is 12.7 Å². The lowest BCUT2D eigenvalue weighted by molar-refractivity contribution is -0.138. The summed E-state index contributed by atoms with van der Waals surface area (Å²) in [6.07, 6.45) is 5.69. The van der Waals surface area contributed by atoms with E-state index in [9.17, 15) is 9.59 Å². The molecule has 0 saturated carbocycles. The number of hydrogen-bond acceptors (Lipinski definition) is 3. The summed E-state index contributed by atoms with van der Waals surface area (Å²) < 4.78 is 0. The highest BCUT2D eigenvalue weighted by atomic mass is 16.2. The lowest BCUT2D eigenvalue weighted by Crippen LogP contribution is -2.48. The van der Waals surface area contributed by atoms with Crippen molar-refractivity contribution in [1.29, 1.82) is 0 Å². The zero-order chi connectivity index (χ0) is 12.3. The quantitative estimate of drug-likeness (QED) is 0.737. The Morgan fingerprint density at radius 2 is 2.18 bits per heavy atom. The van der Waals surface area contributed by atoms with E-state index in [1.807, 2.05) is 0 Å². The van der Waals surface area contributed by atoms with Gasteiger partial charge in [0.05, 0.1) is 12.1 Å². The maximum atomic E-state index is 12.3. The standard InChI is InChI=1S/C13H20N2O2/c1-2-5-12(16)11-7-4-9-15(11)13(17)10-6-3-8-14-10/h2,10-11,14H,1,3-9H2/t10-,11?/m0/s1. The van der Waals surface area contributed by atoms with E-state index in [0.29, 0.717) is 6.42 Å². The van der Waals surface area contributed by atoms with Gasteiger partial charge in [-0.15, -0.1) is 6.58 Å². The van der Waals surface area contributed by atoms with Crippen molar-refractivity contribution < 1.29 is 9.59 Å². The van der Waals surface area contributed by atoms with Crippen molar-refractivity contribution in [2.75, 3.05) is 13.1 Å². The van der Waals surface area contributed by atoms with Gasteiger partial charge in [-0.3, -0.25) is 9.59 Å². The summed E-state index contributed by atoms with van der Waals surface area (Å²) in [4.78, 5) is 25.9. The van der Waals surface area contributed by atoms with Gasteiger partial charge in [0.25, 0.3) is 0 Å². The van der Waals surface area contributed by atoms with Gasteiger partial charge < -0.3 is 10.2 Å². The second kappa shape index (κ2) is 5.45. The molecule has 0 radical (unpaired) electrons. The fourth-order valence-corrected chi connectivity index (χ4v) is 2.74. The zero-order valence-corrected chi connectivity index (χ0v) is 10.2. The maximum Gasteiger partial charge on any atom is 0.240 e. The summed E-state index contributed by atoms with van der Waals surface area (Å²) in [5.74, 6) is 0.242. The summed E-state index contributed by atoms with van der Waals surface area (Å²) in [7, 11) is 0. The highest BCUT2D eigenvalue weighted by Gasteiger charge is 2.36. The molecule has 1 N–H and O–H groups in total. The van der Waals surface area contributed by atoms with Crippen LogP contribution in [0.2, 0.25) is 0 Å². The van der Waals surface area contributed by atoms with Gasteiger partial charge in [-0.05, 0) is 32.2 Å². The van der Waals surface area contributed by atoms with Gasteiger partial charge in [-0.2, -0.15) is 0 Å². The Morgan fingerprint density at radius 1 is 1.35 bits per heavy atom. The Kier molecular flexibility index (Phi) is 3.94. The van der Waals surface area contributed by atoms with E-state index in [1.54, 1.807) is 11.0 Å².